The molecule has 0 N–H and O–H groups in total. The van der Waals surface area contributed by atoms with E-state index >= 15 is 0 Å². The zero-order valence-electron chi connectivity index (χ0n) is 14.4. The zero-order valence-corrected chi connectivity index (χ0v) is 15.2. The lowest BCUT2D eigenvalue weighted by molar-refractivity contribution is 0.341. The molecule has 0 aliphatic rings. The van der Waals surface area contributed by atoms with E-state index in [2.05, 4.69) is 19.1 Å². The second-order valence-electron chi connectivity index (χ2n) is 5.45. The standard InChI is InChI=1S/C18H24N2O2S/c1-6-22-17-9-8-14(23-7-2)11-15(17)13-10-16(19(3)4)18(21)20(5)12-13/h8-12H,6-7H2,1-5H3. The topological polar surface area (TPSA) is 34.5 Å². The number of ether oxygens (including phenoxy) is 1. The first kappa shape index (κ1) is 17.5. The van der Waals surface area contributed by atoms with Crippen molar-refractivity contribution < 1.29 is 4.74 Å². The van der Waals surface area contributed by atoms with Crippen LogP contribution in [-0.4, -0.2) is 31.0 Å². The summed E-state index contributed by atoms with van der Waals surface area (Å²) >= 11 is 1.79. The minimum absolute atomic E-state index is 0.00389. The van der Waals surface area contributed by atoms with Crippen molar-refractivity contribution in [1.82, 2.24) is 4.57 Å². The molecule has 23 heavy (non-hydrogen) atoms. The summed E-state index contributed by atoms with van der Waals surface area (Å²) in [4.78, 5) is 15.3. The molecule has 0 bridgehead atoms. The van der Waals surface area contributed by atoms with Crippen LogP contribution in [0, 0.1) is 0 Å². The molecule has 0 saturated heterocycles. The molecule has 0 aliphatic heterocycles. The second kappa shape index (κ2) is 7.59. The minimum atomic E-state index is -0.00389. The summed E-state index contributed by atoms with van der Waals surface area (Å²) in [7, 11) is 5.55. The summed E-state index contributed by atoms with van der Waals surface area (Å²) in [5, 5.41) is 0. The number of nitrogens with zero attached hydrogens (tertiary/aromatic N) is 2. The highest BCUT2D eigenvalue weighted by molar-refractivity contribution is 7.99. The van der Waals surface area contributed by atoms with Gasteiger partial charge in [0.25, 0.3) is 5.56 Å². The third-order valence-electron chi connectivity index (χ3n) is 3.52. The lowest BCUT2D eigenvalue weighted by Gasteiger charge is -2.17. The number of hydrogen-bond donors (Lipinski definition) is 0. The van der Waals surface area contributed by atoms with Crippen molar-refractivity contribution in [3.05, 3.63) is 40.8 Å². The van der Waals surface area contributed by atoms with Gasteiger partial charge in [-0.1, -0.05) is 6.92 Å². The van der Waals surface area contributed by atoms with Gasteiger partial charge in [-0.3, -0.25) is 4.79 Å². The third-order valence-corrected chi connectivity index (χ3v) is 4.40. The van der Waals surface area contributed by atoms with Gasteiger partial charge in [-0.15, -0.1) is 11.8 Å². The third kappa shape index (κ3) is 3.91. The number of hydrogen-bond acceptors (Lipinski definition) is 4. The van der Waals surface area contributed by atoms with E-state index in [1.54, 1.807) is 23.4 Å². The van der Waals surface area contributed by atoms with Crippen LogP contribution in [0.2, 0.25) is 0 Å². The van der Waals surface area contributed by atoms with Crippen molar-refractivity contribution in [3.63, 3.8) is 0 Å². The molecule has 0 aliphatic carbocycles. The van der Waals surface area contributed by atoms with Crippen LogP contribution in [0.15, 0.2) is 40.2 Å². The van der Waals surface area contributed by atoms with Crippen LogP contribution in [0.25, 0.3) is 11.1 Å². The molecule has 0 atom stereocenters. The molecule has 1 aromatic heterocycles. The number of aryl methyl sites for hydroxylation is 1. The highest BCUT2D eigenvalue weighted by Crippen LogP contribution is 2.34. The number of rotatable bonds is 6. The quantitative estimate of drug-likeness (QED) is 0.757. The van der Waals surface area contributed by atoms with E-state index in [0.717, 1.165) is 22.6 Å². The maximum atomic E-state index is 12.3. The highest BCUT2D eigenvalue weighted by atomic mass is 32.2. The zero-order chi connectivity index (χ0) is 17.0. The fourth-order valence-corrected chi connectivity index (χ4v) is 3.13. The van der Waals surface area contributed by atoms with Crippen molar-refractivity contribution in [3.8, 4) is 16.9 Å². The van der Waals surface area contributed by atoms with Crippen LogP contribution in [0.3, 0.4) is 0 Å². The molecule has 1 heterocycles. The summed E-state index contributed by atoms with van der Waals surface area (Å²) in [5.41, 5.74) is 2.67. The van der Waals surface area contributed by atoms with E-state index in [0.29, 0.717) is 12.3 Å². The van der Waals surface area contributed by atoms with Gasteiger partial charge in [0, 0.05) is 43.4 Å². The van der Waals surface area contributed by atoms with Gasteiger partial charge in [-0.05, 0) is 36.9 Å². The first-order valence-corrected chi connectivity index (χ1v) is 8.74. The van der Waals surface area contributed by atoms with E-state index in [4.69, 9.17) is 4.74 Å². The van der Waals surface area contributed by atoms with Gasteiger partial charge in [0.2, 0.25) is 0 Å². The predicted octanol–water partition coefficient (Wildman–Crippen LogP) is 3.63. The molecular weight excluding hydrogens is 308 g/mol. The van der Waals surface area contributed by atoms with Crippen LogP contribution in [0.4, 0.5) is 5.69 Å². The first-order chi connectivity index (χ1) is 11.0. The van der Waals surface area contributed by atoms with Crippen LogP contribution in [-0.2, 0) is 7.05 Å². The Labute approximate surface area is 142 Å². The lowest BCUT2D eigenvalue weighted by Crippen LogP contribution is -2.25. The Bertz CT molecular complexity index is 738. The molecule has 1 aromatic carbocycles. The highest BCUT2D eigenvalue weighted by Gasteiger charge is 2.13. The summed E-state index contributed by atoms with van der Waals surface area (Å²) < 4.78 is 7.41. The Morgan fingerprint density at radius 1 is 1.22 bits per heavy atom. The number of thioether (sulfide) groups is 1. The average Bonchev–Trinajstić information content (AvgIpc) is 2.51. The molecule has 0 radical (unpaired) electrons. The molecule has 4 nitrogen and oxygen atoms in total. The number of benzene rings is 1. The molecule has 0 saturated carbocycles. The smallest absolute Gasteiger partial charge is 0.273 e. The van der Waals surface area contributed by atoms with E-state index in [1.807, 2.05) is 44.2 Å². The second-order valence-corrected chi connectivity index (χ2v) is 6.79. The Morgan fingerprint density at radius 3 is 2.57 bits per heavy atom. The Hall–Kier alpha value is -1.88. The Kier molecular flexibility index (Phi) is 5.77. The number of pyridine rings is 1. The molecular formula is C18H24N2O2S. The monoisotopic (exact) mass is 332 g/mol. The summed E-state index contributed by atoms with van der Waals surface area (Å²) in [6, 6.07) is 8.16. The van der Waals surface area contributed by atoms with E-state index < -0.39 is 0 Å². The Balaban J connectivity index is 2.63. The largest absolute Gasteiger partial charge is 0.493 e. The molecule has 2 rings (SSSR count). The molecule has 5 heteroatoms. The Morgan fingerprint density at radius 2 is 1.96 bits per heavy atom. The van der Waals surface area contributed by atoms with E-state index in [-0.39, 0.29) is 5.56 Å². The van der Waals surface area contributed by atoms with Crippen molar-refractivity contribution >= 4 is 17.4 Å². The van der Waals surface area contributed by atoms with Gasteiger partial charge in [0.05, 0.1) is 6.61 Å². The maximum Gasteiger partial charge on any atom is 0.273 e. The predicted molar refractivity (Wildman–Crippen MR) is 99.0 cm³/mol. The molecule has 0 unspecified atom stereocenters. The average molecular weight is 332 g/mol. The van der Waals surface area contributed by atoms with Crippen molar-refractivity contribution in [2.24, 2.45) is 7.05 Å². The number of anilines is 1. The lowest BCUT2D eigenvalue weighted by atomic mass is 10.1. The van der Waals surface area contributed by atoms with Gasteiger partial charge in [-0.25, -0.2) is 0 Å². The van der Waals surface area contributed by atoms with Crippen molar-refractivity contribution in [2.75, 3.05) is 31.4 Å². The summed E-state index contributed by atoms with van der Waals surface area (Å²) in [6.07, 6.45) is 1.87. The fraction of sp³-hybridized carbons (Fsp3) is 0.389. The molecule has 2 aromatic rings. The van der Waals surface area contributed by atoms with Crippen LogP contribution in [0.1, 0.15) is 13.8 Å². The molecule has 0 amide bonds. The SMILES string of the molecule is CCOc1ccc(SCC)cc1-c1cc(N(C)C)c(=O)n(C)c1. The van der Waals surface area contributed by atoms with E-state index in [9.17, 15) is 4.79 Å². The molecule has 0 fully saturated rings. The first-order valence-electron chi connectivity index (χ1n) is 7.76. The van der Waals surface area contributed by atoms with Gasteiger partial charge in [0.1, 0.15) is 11.4 Å². The maximum absolute atomic E-state index is 12.3. The molecule has 124 valence electrons. The van der Waals surface area contributed by atoms with Gasteiger partial charge in [0.15, 0.2) is 0 Å². The van der Waals surface area contributed by atoms with Gasteiger partial charge in [-0.2, -0.15) is 0 Å². The van der Waals surface area contributed by atoms with Crippen LogP contribution < -0.4 is 15.2 Å². The van der Waals surface area contributed by atoms with Gasteiger partial charge < -0.3 is 14.2 Å². The fourth-order valence-electron chi connectivity index (χ4n) is 2.43. The normalized spacial score (nSPS) is 10.7. The number of aromatic nitrogens is 1. The van der Waals surface area contributed by atoms with Crippen molar-refractivity contribution in [1.29, 1.82) is 0 Å². The molecule has 0 spiro atoms. The summed E-state index contributed by atoms with van der Waals surface area (Å²) in [6.45, 7) is 4.72. The minimum Gasteiger partial charge on any atom is -0.493 e. The van der Waals surface area contributed by atoms with Crippen molar-refractivity contribution in [2.45, 2.75) is 18.7 Å². The van der Waals surface area contributed by atoms with E-state index in [1.165, 1.54) is 4.90 Å². The van der Waals surface area contributed by atoms with Gasteiger partial charge >= 0.3 is 0 Å². The van der Waals surface area contributed by atoms with Crippen LogP contribution in [0.5, 0.6) is 5.75 Å². The summed E-state index contributed by atoms with van der Waals surface area (Å²) in [5.74, 6) is 1.86. The van der Waals surface area contributed by atoms with Crippen LogP contribution >= 0.6 is 11.8 Å².